The van der Waals surface area contributed by atoms with Crippen molar-refractivity contribution in [3.63, 3.8) is 0 Å². The van der Waals surface area contributed by atoms with Crippen LogP contribution in [0.15, 0.2) is 36.5 Å². The van der Waals surface area contributed by atoms with Gasteiger partial charge in [-0.25, -0.2) is 0 Å². The first-order chi connectivity index (χ1) is 11.3. The Bertz CT molecular complexity index is 502. The van der Waals surface area contributed by atoms with Crippen LogP contribution in [0.25, 0.3) is 0 Å². The van der Waals surface area contributed by atoms with E-state index in [0.717, 1.165) is 17.5 Å². The molecule has 7 heteroatoms. The third kappa shape index (κ3) is 7.35. The van der Waals surface area contributed by atoms with Crippen molar-refractivity contribution in [1.29, 1.82) is 0 Å². The Balaban J connectivity index is 2.31. The van der Waals surface area contributed by atoms with E-state index < -0.39 is 10.8 Å². The van der Waals surface area contributed by atoms with Crippen LogP contribution in [0.5, 0.6) is 5.75 Å². The van der Waals surface area contributed by atoms with Crippen molar-refractivity contribution in [3.05, 3.63) is 47.3 Å². The van der Waals surface area contributed by atoms with Gasteiger partial charge >= 0.3 is 6.11 Å². The van der Waals surface area contributed by atoms with Crippen LogP contribution < -0.4 is 4.74 Å². The lowest BCUT2D eigenvalue weighted by Gasteiger charge is -2.36. The first-order valence-corrected chi connectivity index (χ1v) is 7.84. The van der Waals surface area contributed by atoms with Gasteiger partial charge in [-0.15, -0.1) is 0 Å². The molecule has 0 aliphatic rings. The maximum Gasteiger partial charge on any atom is 0.381 e. The summed E-state index contributed by atoms with van der Waals surface area (Å²) in [6, 6.07) is 7.25. The highest BCUT2D eigenvalue weighted by molar-refractivity contribution is 5.26. The molecule has 0 spiro atoms. The summed E-state index contributed by atoms with van der Waals surface area (Å²) in [4.78, 5) is 0. The highest BCUT2D eigenvalue weighted by Crippen LogP contribution is 2.19. The van der Waals surface area contributed by atoms with Gasteiger partial charge in [-0.05, 0) is 31.5 Å². The molecular weight excluding hydrogens is 320 g/mol. The molecule has 1 rings (SSSR count). The van der Waals surface area contributed by atoms with Gasteiger partial charge in [-0.2, -0.15) is 8.78 Å². The lowest BCUT2D eigenvalue weighted by Crippen LogP contribution is -2.36. The standard InChI is InChI=1S/C17H25F2NO4/c1-4-20(21,5-2)11-10-17(18,19)24-13-12-23-14-15-6-8-16(22-3)9-7-15/h6-11H,4-5,12-14H2,1-3H3/b11-10+. The van der Waals surface area contributed by atoms with E-state index in [-0.39, 0.29) is 26.3 Å². The van der Waals surface area contributed by atoms with E-state index in [2.05, 4.69) is 4.74 Å². The van der Waals surface area contributed by atoms with E-state index in [4.69, 9.17) is 9.47 Å². The second kappa shape index (κ2) is 9.68. The van der Waals surface area contributed by atoms with Gasteiger partial charge in [0.2, 0.25) is 0 Å². The third-order valence-corrected chi connectivity index (χ3v) is 3.56. The van der Waals surface area contributed by atoms with Gasteiger partial charge in [0, 0.05) is 0 Å². The molecule has 5 nitrogen and oxygen atoms in total. The summed E-state index contributed by atoms with van der Waals surface area (Å²) < 4.78 is 41.1. The molecule has 1 aromatic carbocycles. The fourth-order valence-corrected chi connectivity index (χ4v) is 1.85. The fourth-order valence-electron chi connectivity index (χ4n) is 1.85. The molecule has 0 bridgehead atoms. The summed E-state index contributed by atoms with van der Waals surface area (Å²) in [5.74, 6) is 0.737. The molecule has 0 unspecified atom stereocenters. The number of nitrogens with zero attached hydrogens (tertiary/aromatic N) is 1. The van der Waals surface area contributed by atoms with E-state index in [0.29, 0.717) is 12.7 Å². The summed E-state index contributed by atoms with van der Waals surface area (Å²) in [6.07, 6.45) is -2.05. The number of hydrogen-bond donors (Lipinski definition) is 0. The second-order valence-electron chi connectivity index (χ2n) is 5.21. The van der Waals surface area contributed by atoms with Gasteiger partial charge < -0.3 is 24.1 Å². The zero-order chi connectivity index (χ0) is 18.1. The Morgan fingerprint density at radius 3 is 2.29 bits per heavy atom. The molecule has 0 saturated carbocycles. The number of alkyl halides is 2. The van der Waals surface area contributed by atoms with Crippen molar-refractivity contribution < 1.29 is 27.6 Å². The number of halogens is 2. The Kier molecular flexibility index (Phi) is 8.27. The molecule has 0 aliphatic carbocycles. The molecule has 24 heavy (non-hydrogen) atoms. The average Bonchev–Trinajstić information content (AvgIpc) is 2.60. The van der Waals surface area contributed by atoms with E-state index in [1.807, 2.05) is 12.1 Å². The zero-order valence-corrected chi connectivity index (χ0v) is 14.3. The number of hydrogen-bond acceptors (Lipinski definition) is 4. The van der Waals surface area contributed by atoms with Gasteiger partial charge in [0.05, 0.1) is 46.1 Å². The number of ether oxygens (including phenoxy) is 3. The Hall–Kier alpha value is -1.54. The Morgan fingerprint density at radius 2 is 1.75 bits per heavy atom. The molecule has 0 amide bonds. The van der Waals surface area contributed by atoms with Crippen LogP contribution in [0.2, 0.25) is 0 Å². The van der Waals surface area contributed by atoms with Gasteiger partial charge in [0.1, 0.15) is 11.9 Å². The van der Waals surface area contributed by atoms with Crippen LogP contribution in [0.1, 0.15) is 19.4 Å². The third-order valence-electron chi connectivity index (χ3n) is 3.56. The monoisotopic (exact) mass is 345 g/mol. The largest absolute Gasteiger partial charge is 0.628 e. The maximum absolute atomic E-state index is 13.5. The summed E-state index contributed by atoms with van der Waals surface area (Å²) in [5, 5.41) is 11.9. The fraction of sp³-hybridized carbons (Fsp3) is 0.529. The maximum atomic E-state index is 13.5. The molecule has 136 valence electrons. The van der Waals surface area contributed by atoms with Crippen molar-refractivity contribution in [2.75, 3.05) is 33.4 Å². The van der Waals surface area contributed by atoms with Crippen LogP contribution in [0, 0.1) is 5.21 Å². The minimum Gasteiger partial charge on any atom is -0.628 e. The smallest absolute Gasteiger partial charge is 0.381 e. The molecule has 0 fully saturated rings. The van der Waals surface area contributed by atoms with E-state index in [1.165, 1.54) is 0 Å². The van der Waals surface area contributed by atoms with E-state index in [9.17, 15) is 14.0 Å². The van der Waals surface area contributed by atoms with Crippen molar-refractivity contribution in [2.24, 2.45) is 0 Å². The van der Waals surface area contributed by atoms with Crippen molar-refractivity contribution >= 4 is 0 Å². The molecule has 0 saturated heterocycles. The van der Waals surface area contributed by atoms with Crippen LogP contribution in [-0.4, -0.2) is 44.2 Å². The number of rotatable bonds is 11. The highest BCUT2D eigenvalue weighted by Gasteiger charge is 2.27. The number of hydroxylamine groups is 3. The topological polar surface area (TPSA) is 50.8 Å². The molecule has 0 aliphatic heterocycles. The summed E-state index contributed by atoms with van der Waals surface area (Å²) in [5.41, 5.74) is 0.904. The van der Waals surface area contributed by atoms with E-state index >= 15 is 0 Å². The van der Waals surface area contributed by atoms with Gasteiger partial charge in [-0.3, -0.25) is 0 Å². The molecule has 0 atom stereocenters. The lowest BCUT2D eigenvalue weighted by atomic mass is 10.2. The molecule has 0 aromatic heterocycles. The Labute approximate surface area is 141 Å². The Morgan fingerprint density at radius 1 is 1.12 bits per heavy atom. The van der Waals surface area contributed by atoms with Gasteiger partial charge in [0.15, 0.2) is 0 Å². The van der Waals surface area contributed by atoms with Crippen LogP contribution >= 0.6 is 0 Å². The zero-order valence-electron chi connectivity index (χ0n) is 14.3. The first-order valence-electron chi connectivity index (χ1n) is 7.84. The van der Waals surface area contributed by atoms with Crippen molar-refractivity contribution in [1.82, 2.24) is 0 Å². The van der Waals surface area contributed by atoms with Crippen LogP contribution in [0.3, 0.4) is 0 Å². The highest BCUT2D eigenvalue weighted by atomic mass is 19.3. The number of quaternary nitrogens is 1. The minimum absolute atomic E-state index is 0.0222. The van der Waals surface area contributed by atoms with Crippen LogP contribution in [-0.2, 0) is 16.1 Å². The summed E-state index contributed by atoms with van der Waals surface area (Å²) >= 11 is 0. The summed E-state index contributed by atoms with van der Waals surface area (Å²) in [7, 11) is 1.58. The second-order valence-corrected chi connectivity index (χ2v) is 5.21. The normalized spacial score (nSPS) is 12.8. The summed E-state index contributed by atoms with van der Waals surface area (Å²) in [6.45, 7) is 3.71. The number of benzene rings is 1. The first kappa shape index (κ1) is 20.5. The van der Waals surface area contributed by atoms with Crippen LogP contribution in [0.4, 0.5) is 8.78 Å². The lowest BCUT2D eigenvalue weighted by molar-refractivity contribution is -0.825. The molecule has 1 aromatic rings. The quantitative estimate of drug-likeness (QED) is 0.349. The predicted octanol–water partition coefficient (Wildman–Crippen LogP) is 3.69. The SMILES string of the molecule is CC[N+]([O-])(/C=C/C(F)(F)OCCOCc1ccc(OC)cc1)CC. The molecule has 0 heterocycles. The van der Waals surface area contributed by atoms with E-state index in [1.54, 1.807) is 33.1 Å². The molecule has 0 N–H and O–H groups in total. The van der Waals surface area contributed by atoms with Gasteiger partial charge in [0.25, 0.3) is 0 Å². The van der Waals surface area contributed by atoms with Gasteiger partial charge in [-0.1, -0.05) is 12.1 Å². The molecule has 0 radical (unpaired) electrons. The number of methoxy groups -OCH3 is 1. The predicted molar refractivity (Wildman–Crippen MR) is 87.4 cm³/mol. The minimum atomic E-state index is -3.48. The van der Waals surface area contributed by atoms with Crippen molar-refractivity contribution in [2.45, 2.75) is 26.6 Å². The molecular formula is C17H25F2NO4. The average molecular weight is 345 g/mol. The van der Waals surface area contributed by atoms with Crippen molar-refractivity contribution in [3.8, 4) is 5.75 Å².